The third kappa shape index (κ3) is 4.58. The molecule has 1 aromatic rings. The highest BCUT2D eigenvalue weighted by Gasteiger charge is 2.30. The maximum absolute atomic E-state index is 12.1. The highest BCUT2D eigenvalue weighted by Crippen LogP contribution is 2.23. The molecule has 0 aliphatic carbocycles. The van der Waals surface area contributed by atoms with Crippen molar-refractivity contribution in [3.63, 3.8) is 0 Å². The lowest BCUT2D eigenvalue weighted by Gasteiger charge is -2.18. The summed E-state index contributed by atoms with van der Waals surface area (Å²) >= 11 is 12.0. The maximum Gasteiger partial charge on any atom is 0.249 e. The Bertz CT molecular complexity index is 510. The van der Waals surface area contributed by atoms with Crippen molar-refractivity contribution in [2.24, 2.45) is 5.73 Å². The number of carbonyl (C=O) groups excluding carboxylic acids is 1. The van der Waals surface area contributed by atoms with Crippen molar-refractivity contribution >= 4 is 29.1 Å². The van der Waals surface area contributed by atoms with Gasteiger partial charge >= 0.3 is 0 Å². The van der Waals surface area contributed by atoms with Crippen LogP contribution in [0, 0.1) is 0 Å². The minimum atomic E-state index is -0.387. The minimum absolute atomic E-state index is 0.00163. The molecule has 21 heavy (non-hydrogen) atoms. The van der Waals surface area contributed by atoms with Crippen molar-refractivity contribution in [2.75, 3.05) is 6.54 Å². The normalized spacial score (nSPS) is 23.0. The molecular formula is C15H20Cl2N2O2. The van der Waals surface area contributed by atoms with Crippen LogP contribution in [-0.2, 0) is 16.0 Å². The van der Waals surface area contributed by atoms with Crippen molar-refractivity contribution in [3.8, 4) is 0 Å². The van der Waals surface area contributed by atoms with Gasteiger partial charge in [0.2, 0.25) is 5.91 Å². The summed E-state index contributed by atoms with van der Waals surface area (Å²) in [4.78, 5) is 12.1. The summed E-state index contributed by atoms with van der Waals surface area (Å²) in [7, 11) is 0. The SMILES string of the molecule is CC(Cc1ccc(Cl)cc1Cl)NC(=O)[C@@H]1CC[C@H](CN)O1. The third-order valence-electron chi connectivity index (χ3n) is 3.59. The molecule has 2 rings (SSSR count). The average molecular weight is 331 g/mol. The fourth-order valence-corrected chi connectivity index (χ4v) is 2.96. The molecule has 1 aliphatic rings. The molecule has 3 N–H and O–H groups in total. The molecule has 1 fully saturated rings. The van der Waals surface area contributed by atoms with Gasteiger partial charge in [0.25, 0.3) is 0 Å². The molecule has 6 heteroatoms. The predicted octanol–water partition coefficient (Wildman–Crippen LogP) is 2.55. The Hall–Kier alpha value is -0.810. The quantitative estimate of drug-likeness (QED) is 0.871. The average Bonchev–Trinajstić information content (AvgIpc) is 2.91. The van der Waals surface area contributed by atoms with E-state index in [1.807, 2.05) is 13.0 Å². The van der Waals surface area contributed by atoms with Crippen molar-refractivity contribution in [2.45, 2.75) is 44.4 Å². The highest BCUT2D eigenvalue weighted by molar-refractivity contribution is 6.35. The molecule has 0 spiro atoms. The van der Waals surface area contributed by atoms with E-state index in [1.165, 1.54) is 0 Å². The Kier molecular flexibility index (Phi) is 5.88. The van der Waals surface area contributed by atoms with Gasteiger partial charge in [-0.25, -0.2) is 0 Å². The molecule has 3 atom stereocenters. The summed E-state index contributed by atoms with van der Waals surface area (Å²) in [6.07, 6.45) is 1.83. The van der Waals surface area contributed by atoms with E-state index in [9.17, 15) is 4.79 Å². The minimum Gasteiger partial charge on any atom is -0.364 e. The first kappa shape index (κ1) is 16.6. The first-order valence-electron chi connectivity index (χ1n) is 7.09. The molecule has 1 heterocycles. The number of amides is 1. The van der Waals surface area contributed by atoms with Crippen LogP contribution >= 0.6 is 23.2 Å². The highest BCUT2D eigenvalue weighted by atomic mass is 35.5. The maximum atomic E-state index is 12.1. The van der Waals surface area contributed by atoms with Gasteiger partial charge in [0.05, 0.1) is 6.10 Å². The summed E-state index contributed by atoms with van der Waals surface area (Å²) in [5, 5.41) is 4.18. The summed E-state index contributed by atoms with van der Waals surface area (Å²) in [6, 6.07) is 5.35. The van der Waals surface area contributed by atoms with Crippen LogP contribution in [0.5, 0.6) is 0 Å². The van der Waals surface area contributed by atoms with E-state index in [1.54, 1.807) is 12.1 Å². The van der Waals surface area contributed by atoms with Gasteiger partial charge in [-0.1, -0.05) is 29.3 Å². The molecule has 1 amide bonds. The molecule has 0 radical (unpaired) electrons. The van der Waals surface area contributed by atoms with Crippen LogP contribution in [0.25, 0.3) is 0 Å². The second-order valence-electron chi connectivity index (χ2n) is 5.41. The van der Waals surface area contributed by atoms with Crippen molar-refractivity contribution in [1.82, 2.24) is 5.32 Å². The molecule has 0 saturated carbocycles. The van der Waals surface area contributed by atoms with E-state index in [-0.39, 0.29) is 24.2 Å². The zero-order chi connectivity index (χ0) is 15.4. The lowest BCUT2D eigenvalue weighted by atomic mass is 10.1. The summed E-state index contributed by atoms with van der Waals surface area (Å²) in [5.41, 5.74) is 6.51. The van der Waals surface area contributed by atoms with Crippen molar-refractivity contribution in [1.29, 1.82) is 0 Å². The van der Waals surface area contributed by atoms with Gasteiger partial charge < -0.3 is 15.8 Å². The van der Waals surface area contributed by atoms with Gasteiger partial charge in [-0.3, -0.25) is 4.79 Å². The topological polar surface area (TPSA) is 64.4 Å². The Balaban J connectivity index is 1.86. The first-order valence-corrected chi connectivity index (χ1v) is 7.85. The van der Waals surface area contributed by atoms with Gasteiger partial charge in [0.1, 0.15) is 6.10 Å². The molecule has 1 saturated heterocycles. The van der Waals surface area contributed by atoms with Crippen molar-refractivity contribution in [3.05, 3.63) is 33.8 Å². The van der Waals surface area contributed by atoms with E-state index in [2.05, 4.69) is 5.32 Å². The third-order valence-corrected chi connectivity index (χ3v) is 4.18. The van der Waals surface area contributed by atoms with Crippen LogP contribution in [0.2, 0.25) is 10.0 Å². The van der Waals surface area contributed by atoms with Gasteiger partial charge in [0, 0.05) is 22.6 Å². The molecule has 1 unspecified atom stereocenters. The number of nitrogens with one attached hydrogen (secondary N) is 1. The van der Waals surface area contributed by atoms with Crippen LogP contribution < -0.4 is 11.1 Å². The number of rotatable bonds is 5. The largest absolute Gasteiger partial charge is 0.364 e. The number of carbonyl (C=O) groups is 1. The monoisotopic (exact) mass is 330 g/mol. The lowest BCUT2D eigenvalue weighted by Crippen LogP contribution is -2.41. The van der Waals surface area contributed by atoms with Crippen LogP contribution in [0.4, 0.5) is 0 Å². The molecule has 1 aliphatic heterocycles. The predicted molar refractivity (Wildman–Crippen MR) is 84.7 cm³/mol. The van der Waals surface area contributed by atoms with E-state index in [0.29, 0.717) is 23.0 Å². The smallest absolute Gasteiger partial charge is 0.249 e. The fourth-order valence-electron chi connectivity index (χ4n) is 2.48. The van der Waals surface area contributed by atoms with E-state index < -0.39 is 0 Å². The fraction of sp³-hybridized carbons (Fsp3) is 0.533. The van der Waals surface area contributed by atoms with Crippen LogP contribution in [0.15, 0.2) is 18.2 Å². The van der Waals surface area contributed by atoms with Gasteiger partial charge in [-0.2, -0.15) is 0 Å². The summed E-state index contributed by atoms with van der Waals surface area (Å²) in [5.74, 6) is -0.0801. The number of benzene rings is 1. The van der Waals surface area contributed by atoms with Gasteiger partial charge in [-0.05, 0) is 43.9 Å². The number of hydrogen-bond donors (Lipinski definition) is 2. The Morgan fingerprint density at radius 3 is 2.86 bits per heavy atom. The summed E-state index contributed by atoms with van der Waals surface area (Å²) in [6.45, 7) is 2.40. The number of hydrogen-bond acceptors (Lipinski definition) is 3. The van der Waals surface area contributed by atoms with Gasteiger partial charge in [-0.15, -0.1) is 0 Å². The van der Waals surface area contributed by atoms with Crippen molar-refractivity contribution < 1.29 is 9.53 Å². The number of ether oxygens (including phenoxy) is 1. The molecule has 116 valence electrons. The second kappa shape index (κ2) is 7.45. The molecule has 1 aromatic carbocycles. The molecular weight excluding hydrogens is 311 g/mol. The Morgan fingerprint density at radius 2 is 2.24 bits per heavy atom. The van der Waals surface area contributed by atoms with Crippen LogP contribution in [0.1, 0.15) is 25.3 Å². The lowest BCUT2D eigenvalue weighted by molar-refractivity contribution is -0.132. The number of nitrogens with two attached hydrogens (primary N) is 1. The first-order chi connectivity index (χ1) is 9.99. The van der Waals surface area contributed by atoms with Gasteiger partial charge in [0.15, 0.2) is 0 Å². The molecule has 0 bridgehead atoms. The zero-order valence-electron chi connectivity index (χ0n) is 11.9. The Morgan fingerprint density at radius 1 is 1.48 bits per heavy atom. The summed E-state index contributed by atoms with van der Waals surface area (Å²) < 4.78 is 5.58. The Labute approximate surface area is 134 Å². The zero-order valence-corrected chi connectivity index (χ0v) is 13.5. The molecule has 4 nitrogen and oxygen atoms in total. The second-order valence-corrected chi connectivity index (χ2v) is 6.25. The van der Waals surface area contributed by atoms with E-state index >= 15 is 0 Å². The standard InChI is InChI=1S/C15H20Cl2N2O2/c1-9(6-10-2-3-11(16)7-13(10)17)19-15(20)14-5-4-12(8-18)21-14/h2-3,7,9,12,14H,4-6,8,18H2,1H3,(H,19,20)/t9?,12-,14+/m1/s1. The van der Waals surface area contributed by atoms with Crippen LogP contribution in [0.3, 0.4) is 0 Å². The van der Waals surface area contributed by atoms with E-state index in [0.717, 1.165) is 18.4 Å². The number of halogens is 2. The van der Waals surface area contributed by atoms with Crippen LogP contribution in [-0.4, -0.2) is 30.7 Å². The molecule has 0 aromatic heterocycles. The van der Waals surface area contributed by atoms with E-state index in [4.69, 9.17) is 33.7 Å².